The number of hydrogen-bond acceptors (Lipinski definition) is 3. The van der Waals surface area contributed by atoms with Crippen LogP contribution < -0.4 is 14.8 Å². The Morgan fingerprint density at radius 3 is 2.53 bits per heavy atom. The van der Waals surface area contributed by atoms with Crippen molar-refractivity contribution in [3.05, 3.63) is 23.3 Å². The van der Waals surface area contributed by atoms with Gasteiger partial charge in [0.1, 0.15) is 11.5 Å². The summed E-state index contributed by atoms with van der Waals surface area (Å²) < 4.78 is 10.9. The summed E-state index contributed by atoms with van der Waals surface area (Å²) in [5.74, 6) is 2.47. The Bertz CT molecular complexity index is 384. The standard InChI is InChI=1S/C14H21NO2/c1-10-7-14(17-3)12(8-13(10)16-2)11-5-4-6-15-9-11/h7-8,11,15H,4-6,9H2,1-3H3/t11-/m0/s1. The van der Waals surface area contributed by atoms with Gasteiger partial charge in [0.2, 0.25) is 0 Å². The molecule has 1 atom stereocenters. The summed E-state index contributed by atoms with van der Waals surface area (Å²) >= 11 is 0. The van der Waals surface area contributed by atoms with Gasteiger partial charge in [0, 0.05) is 18.0 Å². The van der Waals surface area contributed by atoms with E-state index in [9.17, 15) is 0 Å². The van der Waals surface area contributed by atoms with Gasteiger partial charge in [-0.05, 0) is 44.0 Å². The van der Waals surface area contributed by atoms with Gasteiger partial charge in [-0.3, -0.25) is 0 Å². The molecule has 1 saturated heterocycles. The molecular weight excluding hydrogens is 214 g/mol. The van der Waals surface area contributed by atoms with E-state index >= 15 is 0 Å². The van der Waals surface area contributed by atoms with Crippen LogP contribution in [0.4, 0.5) is 0 Å². The van der Waals surface area contributed by atoms with Gasteiger partial charge in [0.05, 0.1) is 14.2 Å². The molecular formula is C14H21NO2. The third-order valence-electron chi connectivity index (χ3n) is 3.48. The van der Waals surface area contributed by atoms with Crippen LogP contribution in [0.15, 0.2) is 12.1 Å². The fourth-order valence-corrected chi connectivity index (χ4v) is 2.51. The van der Waals surface area contributed by atoms with E-state index in [0.29, 0.717) is 5.92 Å². The average molecular weight is 235 g/mol. The Balaban J connectivity index is 2.35. The molecule has 1 aromatic carbocycles. The van der Waals surface area contributed by atoms with Gasteiger partial charge in [-0.15, -0.1) is 0 Å². The van der Waals surface area contributed by atoms with E-state index in [4.69, 9.17) is 9.47 Å². The summed E-state index contributed by atoms with van der Waals surface area (Å²) in [6.45, 7) is 4.20. The summed E-state index contributed by atoms with van der Waals surface area (Å²) in [4.78, 5) is 0. The zero-order valence-electron chi connectivity index (χ0n) is 10.9. The summed E-state index contributed by atoms with van der Waals surface area (Å²) in [7, 11) is 3.46. The molecule has 1 fully saturated rings. The van der Waals surface area contributed by atoms with Crippen LogP contribution in [-0.2, 0) is 0 Å². The van der Waals surface area contributed by atoms with Crippen LogP contribution >= 0.6 is 0 Å². The van der Waals surface area contributed by atoms with Crippen LogP contribution in [0.3, 0.4) is 0 Å². The second-order valence-corrected chi connectivity index (χ2v) is 4.61. The first-order valence-electron chi connectivity index (χ1n) is 6.19. The molecule has 1 N–H and O–H groups in total. The van der Waals surface area contributed by atoms with E-state index in [0.717, 1.165) is 30.2 Å². The minimum atomic E-state index is 0.535. The van der Waals surface area contributed by atoms with Gasteiger partial charge >= 0.3 is 0 Å². The molecule has 1 aliphatic rings. The largest absolute Gasteiger partial charge is 0.496 e. The third kappa shape index (κ3) is 2.55. The SMILES string of the molecule is COc1cc([C@H]2CCCNC2)c(OC)cc1C. The number of ether oxygens (including phenoxy) is 2. The van der Waals surface area contributed by atoms with Crippen LogP contribution in [-0.4, -0.2) is 27.3 Å². The molecule has 0 radical (unpaired) electrons. The monoisotopic (exact) mass is 235 g/mol. The highest BCUT2D eigenvalue weighted by molar-refractivity contribution is 5.47. The van der Waals surface area contributed by atoms with Crippen molar-refractivity contribution in [1.82, 2.24) is 5.32 Å². The number of piperidine rings is 1. The predicted molar refractivity (Wildman–Crippen MR) is 69.1 cm³/mol. The normalized spacial score (nSPS) is 20.1. The molecule has 3 heteroatoms. The topological polar surface area (TPSA) is 30.5 Å². The zero-order chi connectivity index (χ0) is 12.3. The highest BCUT2D eigenvalue weighted by Crippen LogP contribution is 2.35. The molecule has 2 rings (SSSR count). The molecule has 3 nitrogen and oxygen atoms in total. The van der Waals surface area contributed by atoms with Gasteiger partial charge in [-0.1, -0.05) is 0 Å². The maximum atomic E-state index is 5.50. The lowest BCUT2D eigenvalue weighted by Crippen LogP contribution is -2.28. The van der Waals surface area contributed by atoms with Crippen LogP contribution in [0, 0.1) is 6.92 Å². The number of benzene rings is 1. The van der Waals surface area contributed by atoms with Crippen LogP contribution in [0.2, 0.25) is 0 Å². The van der Waals surface area contributed by atoms with Crippen molar-refractivity contribution in [1.29, 1.82) is 0 Å². The third-order valence-corrected chi connectivity index (χ3v) is 3.48. The summed E-state index contributed by atoms with van der Waals surface area (Å²) in [6, 6.07) is 4.20. The van der Waals surface area contributed by atoms with Crippen molar-refractivity contribution in [3.63, 3.8) is 0 Å². The molecule has 94 valence electrons. The molecule has 0 aliphatic carbocycles. The molecule has 0 saturated carbocycles. The van der Waals surface area contributed by atoms with Crippen LogP contribution in [0.25, 0.3) is 0 Å². The first-order chi connectivity index (χ1) is 8.26. The molecule has 0 unspecified atom stereocenters. The molecule has 1 heterocycles. The summed E-state index contributed by atoms with van der Waals surface area (Å²) in [5, 5.41) is 3.44. The molecule has 1 aromatic rings. The Labute approximate surface area is 103 Å². The second-order valence-electron chi connectivity index (χ2n) is 4.61. The van der Waals surface area contributed by atoms with E-state index < -0.39 is 0 Å². The summed E-state index contributed by atoms with van der Waals surface area (Å²) in [5.41, 5.74) is 2.39. The van der Waals surface area contributed by atoms with E-state index in [-0.39, 0.29) is 0 Å². The highest BCUT2D eigenvalue weighted by atomic mass is 16.5. The first kappa shape index (κ1) is 12.2. The molecule has 1 aliphatic heterocycles. The molecule has 0 spiro atoms. The fraction of sp³-hybridized carbons (Fsp3) is 0.571. The minimum Gasteiger partial charge on any atom is -0.496 e. The van der Waals surface area contributed by atoms with Crippen molar-refractivity contribution in [2.75, 3.05) is 27.3 Å². The number of nitrogens with one attached hydrogen (secondary N) is 1. The van der Waals surface area contributed by atoms with Gasteiger partial charge < -0.3 is 14.8 Å². The maximum Gasteiger partial charge on any atom is 0.122 e. The van der Waals surface area contributed by atoms with Crippen molar-refractivity contribution < 1.29 is 9.47 Å². The highest BCUT2D eigenvalue weighted by Gasteiger charge is 2.20. The quantitative estimate of drug-likeness (QED) is 0.873. The van der Waals surface area contributed by atoms with Gasteiger partial charge in [0.25, 0.3) is 0 Å². The van der Waals surface area contributed by atoms with Gasteiger partial charge in [-0.25, -0.2) is 0 Å². The molecule has 0 bridgehead atoms. The minimum absolute atomic E-state index is 0.535. The first-order valence-corrected chi connectivity index (χ1v) is 6.19. The lowest BCUT2D eigenvalue weighted by Gasteiger charge is -2.25. The van der Waals surface area contributed by atoms with E-state index in [1.165, 1.54) is 18.4 Å². The Kier molecular flexibility index (Phi) is 3.89. The van der Waals surface area contributed by atoms with Crippen LogP contribution in [0.5, 0.6) is 11.5 Å². The van der Waals surface area contributed by atoms with E-state index in [1.54, 1.807) is 14.2 Å². The fourth-order valence-electron chi connectivity index (χ4n) is 2.51. The van der Waals surface area contributed by atoms with E-state index in [1.807, 2.05) is 6.92 Å². The maximum absolute atomic E-state index is 5.50. The lowest BCUT2D eigenvalue weighted by atomic mass is 9.90. The Morgan fingerprint density at radius 2 is 1.94 bits per heavy atom. The van der Waals surface area contributed by atoms with Gasteiger partial charge in [-0.2, -0.15) is 0 Å². The molecule has 17 heavy (non-hydrogen) atoms. The second kappa shape index (κ2) is 5.41. The van der Waals surface area contributed by atoms with Crippen molar-refractivity contribution in [2.45, 2.75) is 25.7 Å². The zero-order valence-corrected chi connectivity index (χ0v) is 10.9. The predicted octanol–water partition coefficient (Wildman–Crippen LogP) is 2.48. The Hall–Kier alpha value is -1.22. The van der Waals surface area contributed by atoms with E-state index in [2.05, 4.69) is 17.4 Å². The number of aryl methyl sites for hydroxylation is 1. The lowest BCUT2D eigenvalue weighted by molar-refractivity contribution is 0.382. The number of hydrogen-bond donors (Lipinski definition) is 1. The Morgan fingerprint density at radius 1 is 1.18 bits per heavy atom. The van der Waals surface area contributed by atoms with Crippen molar-refractivity contribution >= 4 is 0 Å². The summed E-state index contributed by atoms with van der Waals surface area (Å²) in [6.07, 6.45) is 2.44. The number of methoxy groups -OCH3 is 2. The average Bonchev–Trinajstić information content (AvgIpc) is 2.39. The smallest absolute Gasteiger partial charge is 0.122 e. The molecule has 0 amide bonds. The van der Waals surface area contributed by atoms with Crippen molar-refractivity contribution in [2.24, 2.45) is 0 Å². The number of rotatable bonds is 3. The van der Waals surface area contributed by atoms with Gasteiger partial charge in [0.15, 0.2) is 0 Å². The van der Waals surface area contributed by atoms with Crippen molar-refractivity contribution in [3.8, 4) is 11.5 Å². The van der Waals surface area contributed by atoms with Crippen LogP contribution in [0.1, 0.15) is 29.9 Å². The molecule has 0 aromatic heterocycles.